The summed E-state index contributed by atoms with van der Waals surface area (Å²) in [6.45, 7) is 3.11. The molecule has 4 rings (SSSR count). The van der Waals surface area contributed by atoms with Gasteiger partial charge < -0.3 is 18.9 Å². The van der Waals surface area contributed by atoms with Crippen LogP contribution in [0.2, 0.25) is 0 Å². The molecule has 3 aliphatic rings. The van der Waals surface area contributed by atoms with Crippen molar-refractivity contribution >= 4 is 10.1 Å². The molecular formula is C18H24O7S. The highest BCUT2D eigenvalue weighted by molar-refractivity contribution is 7.86. The van der Waals surface area contributed by atoms with E-state index in [1.807, 2.05) is 6.92 Å². The van der Waals surface area contributed by atoms with Gasteiger partial charge in [0.1, 0.15) is 24.4 Å². The Bertz CT molecular complexity index is 712. The van der Waals surface area contributed by atoms with Crippen molar-refractivity contribution in [1.82, 2.24) is 0 Å². The molecular weight excluding hydrogens is 360 g/mol. The molecule has 3 saturated heterocycles. The Balaban J connectivity index is 1.38. The van der Waals surface area contributed by atoms with E-state index in [-0.39, 0.29) is 30.0 Å². The minimum absolute atomic E-state index is 0.132. The van der Waals surface area contributed by atoms with Gasteiger partial charge in [-0.15, -0.1) is 0 Å². The number of hydrogen-bond acceptors (Lipinski definition) is 7. The number of rotatable bonds is 5. The summed E-state index contributed by atoms with van der Waals surface area (Å²) in [6.07, 6.45) is 1.02. The molecule has 5 atom stereocenters. The first-order chi connectivity index (χ1) is 12.5. The van der Waals surface area contributed by atoms with E-state index in [1.165, 1.54) is 0 Å². The molecule has 0 amide bonds. The Labute approximate surface area is 153 Å². The second kappa shape index (κ2) is 7.53. The van der Waals surface area contributed by atoms with E-state index in [9.17, 15) is 8.42 Å². The van der Waals surface area contributed by atoms with Crippen LogP contribution in [0.5, 0.6) is 0 Å². The number of aryl methyl sites for hydroxylation is 1. The summed E-state index contributed by atoms with van der Waals surface area (Å²) >= 11 is 0. The Hall–Kier alpha value is -1.03. The van der Waals surface area contributed by atoms with Gasteiger partial charge in [-0.05, 0) is 38.3 Å². The minimum Gasteiger partial charge on any atom is -0.370 e. The molecule has 0 aromatic heterocycles. The van der Waals surface area contributed by atoms with E-state index in [0.717, 1.165) is 24.8 Å². The van der Waals surface area contributed by atoms with Crippen LogP contribution in [-0.2, 0) is 33.2 Å². The second-order valence-corrected chi connectivity index (χ2v) is 8.54. The fraction of sp³-hybridized carbons (Fsp3) is 0.667. The Kier molecular flexibility index (Phi) is 5.31. The second-order valence-electron chi connectivity index (χ2n) is 6.97. The molecule has 0 radical (unpaired) electrons. The summed E-state index contributed by atoms with van der Waals surface area (Å²) in [4.78, 5) is 0.132. The largest absolute Gasteiger partial charge is 0.370 e. The van der Waals surface area contributed by atoms with Crippen LogP contribution in [0.1, 0.15) is 24.8 Å². The van der Waals surface area contributed by atoms with E-state index in [4.69, 9.17) is 23.1 Å². The maximum Gasteiger partial charge on any atom is 0.297 e. The van der Waals surface area contributed by atoms with Crippen molar-refractivity contribution in [3.8, 4) is 0 Å². The van der Waals surface area contributed by atoms with Gasteiger partial charge in [-0.2, -0.15) is 8.42 Å². The van der Waals surface area contributed by atoms with Crippen LogP contribution < -0.4 is 0 Å². The van der Waals surface area contributed by atoms with Gasteiger partial charge in [-0.25, -0.2) is 0 Å². The van der Waals surface area contributed by atoms with Gasteiger partial charge in [0.2, 0.25) is 0 Å². The Morgan fingerprint density at radius 2 is 1.65 bits per heavy atom. The van der Waals surface area contributed by atoms with Crippen molar-refractivity contribution < 1.29 is 31.5 Å². The maximum absolute atomic E-state index is 12.5. The van der Waals surface area contributed by atoms with Crippen LogP contribution in [0.15, 0.2) is 29.2 Å². The Morgan fingerprint density at radius 1 is 0.962 bits per heavy atom. The lowest BCUT2D eigenvalue weighted by atomic mass is 10.1. The van der Waals surface area contributed by atoms with E-state index >= 15 is 0 Å². The molecule has 0 spiro atoms. The standard InChI is InChI=1S/C18H24O7S/c1-12-5-7-13(8-6-12)26(19,20)25-15-11-23-17-14(10-22-18(15)17)24-16-4-2-3-9-21-16/h5-8,14-18H,2-4,9-11H2,1H3/t14?,15-,16?,17+,18+/m0/s1. The zero-order valence-corrected chi connectivity index (χ0v) is 15.5. The third kappa shape index (κ3) is 3.81. The smallest absolute Gasteiger partial charge is 0.297 e. The molecule has 2 unspecified atom stereocenters. The quantitative estimate of drug-likeness (QED) is 0.716. The van der Waals surface area contributed by atoms with Gasteiger partial charge >= 0.3 is 0 Å². The number of hydrogen-bond donors (Lipinski definition) is 0. The lowest BCUT2D eigenvalue weighted by molar-refractivity contribution is -0.202. The highest BCUT2D eigenvalue weighted by atomic mass is 32.2. The Morgan fingerprint density at radius 3 is 2.35 bits per heavy atom. The summed E-state index contributed by atoms with van der Waals surface area (Å²) < 4.78 is 53.5. The molecule has 8 heteroatoms. The highest BCUT2D eigenvalue weighted by Crippen LogP contribution is 2.33. The highest BCUT2D eigenvalue weighted by Gasteiger charge is 2.51. The van der Waals surface area contributed by atoms with Gasteiger partial charge in [0.25, 0.3) is 10.1 Å². The summed E-state index contributed by atoms with van der Waals surface area (Å²) in [5, 5.41) is 0. The summed E-state index contributed by atoms with van der Waals surface area (Å²) in [5.74, 6) is 0. The van der Waals surface area contributed by atoms with Crippen molar-refractivity contribution in [2.24, 2.45) is 0 Å². The molecule has 0 saturated carbocycles. The number of benzene rings is 1. The van der Waals surface area contributed by atoms with Gasteiger partial charge in [-0.1, -0.05) is 17.7 Å². The maximum atomic E-state index is 12.5. The predicted octanol–water partition coefficient (Wildman–Crippen LogP) is 1.78. The minimum atomic E-state index is -3.87. The predicted molar refractivity (Wildman–Crippen MR) is 91.2 cm³/mol. The van der Waals surface area contributed by atoms with Crippen molar-refractivity contribution in [2.75, 3.05) is 19.8 Å². The number of fused-ring (bicyclic) bond motifs is 1. The van der Waals surface area contributed by atoms with Crippen molar-refractivity contribution in [3.63, 3.8) is 0 Å². The average Bonchev–Trinajstić information content (AvgIpc) is 3.20. The average molecular weight is 384 g/mol. The van der Waals surface area contributed by atoms with E-state index in [2.05, 4.69) is 0 Å². The number of ether oxygens (including phenoxy) is 4. The first-order valence-electron chi connectivity index (χ1n) is 9.03. The third-order valence-corrected chi connectivity index (χ3v) is 6.34. The zero-order valence-electron chi connectivity index (χ0n) is 14.7. The molecule has 7 nitrogen and oxygen atoms in total. The van der Waals surface area contributed by atoms with E-state index in [0.29, 0.717) is 13.2 Å². The fourth-order valence-corrected chi connectivity index (χ4v) is 4.64. The summed E-state index contributed by atoms with van der Waals surface area (Å²) in [7, 11) is -3.87. The van der Waals surface area contributed by atoms with Gasteiger partial charge in [0.05, 0.1) is 18.1 Å². The van der Waals surface area contributed by atoms with Crippen LogP contribution in [0.3, 0.4) is 0 Å². The third-order valence-electron chi connectivity index (χ3n) is 4.99. The molecule has 0 bridgehead atoms. The molecule has 0 N–H and O–H groups in total. The van der Waals surface area contributed by atoms with Gasteiger partial charge in [0, 0.05) is 6.61 Å². The molecule has 1 aromatic carbocycles. The molecule has 3 heterocycles. The van der Waals surface area contributed by atoms with Crippen molar-refractivity contribution in [3.05, 3.63) is 29.8 Å². The van der Waals surface area contributed by atoms with Crippen LogP contribution in [0.4, 0.5) is 0 Å². The zero-order chi connectivity index (χ0) is 18.1. The summed E-state index contributed by atoms with van der Waals surface area (Å²) in [6, 6.07) is 6.56. The van der Waals surface area contributed by atoms with Gasteiger partial charge in [-0.3, -0.25) is 4.18 Å². The van der Waals surface area contributed by atoms with Crippen LogP contribution in [-0.4, -0.2) is 58.9 Å². The van der Waals surface area contributed by atoms with E-state index in [1.54, 1.807) is 24.3 Å². The lowest BCUT2D eigenvalue weighted by Crippen LogP contribution is -2.38. The first-order valence-corrected chi connectivity index (χ1v) is 10.4. The van der Waals surface area contributed by atoms with Crippen LogP contribution in [0, 0.1) is 6.92 Å². The molecule has 1 aromatic rings. The van der Waals surface area contributed by atoms with Gasteiger partial charge in [0.15, 0.2) is 6.29 Å². The fourth-order valence-electron chi connectivity index (χ4n) is 3.56. The monoisotopic (exact) mass is 384 g/mol. The van der Waals surface area contributed by atoms with Crippen molar-refractivity contribution in [2.45, 2.75) is 61.8 Å². The van der Waals surface area contributed by atoms with E-state index < -0.39 is 22.3 Å². The molecule has 3 fully saturated rings. The normalized spacial score (nSPS) is 34.7. The SMILES string of the molecule is Cc1ccc(S(=O)(=O)O[C@H]2CO[C@@H]3C(OC4CCCCO4)CO[C@H]23)cc1. The molecule has 144 valence electrons. The molecule has 0 aliphatic carbocycles. The summed E-state index contributed by atoms with van der Waals surface area (Å²) in [5.41, 5.74) is 0.984. The lowest BCUT2D eigenvalue weighted by Gasteiger charge is -2.27. The van der Waals surface area contributed by atoms with Crippen molar-refractivity contribution in [1.29, 1.82) is 0 Å². The van der Waals surface area contributed by atoms with Crippen LogP contribution >= 0.6 is 0 Å². The first kappa shape index (κ1) is 18.3. The molecule has 3 aliphatic heterocycles. The topological polar surface area (TPSA) is 80.3 Å². The van der Waals surface area contributed by atoms with Crippen LogP contribution in [0.25, 0.3) is 0 Å². The molecule has 26 heavy (non-hydrogen) atoms.